The maximum Gasteiger partial charge on any atom is 0.267 e. The van der Waals surface area contributed by atoms with Crippen LogP contribution in [0.2, 0.25) is 0 Å². The van der Waals surface area contributed by atoms with Crippen LogP contribution in [0.5, 0.6) is 0 Å². The molecule has 0 atom stereocenters. The van der Waals surface area contributed by atoms with Crippen LogP contribution in [0, 0.1) is 0 Å². The third kappa shape index (κ3) is 4.87. The second kappa shape index (κ2) is 9.85. The lowest BCUT2D eigenvalue weighted by atomic mass is 10.1. The number of ether oxygens (including phenoxy) is 1. The first-order valence-electron chi connectivity index (χ1n) is 11.0. The Morgan fingerprint density at radius 2 is 1.90 bits per heavy atom. The van der Waals surface area contributed by atoms with Gasteiger partial charge >= 0.3 is 0 Å². The largest absolute Gasteiger partial charge is 0.495 e. The number of piperazine rings is 1. The van der Waals surface area contributed by atoms with E-state index in [1.165, 1.54) is 5.70 Å². The number of aromatic amines is 1. The molecular weight excluding hydrogens is 376 g/mol. The molecule has 160 valence electrons. The fraction of sp³-hybridized carbons (Fsp3) is 0.458. The van der Waals surface area contributed by atoms with Gasteiger partial charge in [-0.3, -0.25) is 9.69 Å². The number of fused-ring (bicyclic) bond motifs is 1. The summed E-state index contributed by atoms with van der Waals surface area (Å²) in [5.74, 6) is 1.00. The highest BCUT2D eigenvalue weighted by Crippen LogP contribution is 2.24. The Labute approximate surface area is 178 Å². The molecule has 4 rings (SSSR count). The average Bonchev–Trinajstić information content (AvgIpc) is 3.24. The number of amides is 1. The highest BCUT2D eigenvalue weighted by atomic mass is 16.5. The van der Waals surface area contributed by atoms with Crippen LogP contribution in [-0.4, -0.2) is 67.1 Å². The molecule has 2 heterocycles. The van der Waals surface area contributed by atoms with Crippen molar-refractivity contribution in [2.75, 3.05) is 46.4 Å². The van der Waals surface area contributed by atoms with Crippen LogP contribution in [0.1, 0.15) is 36.2 Å². The number of methoxy groups -OCH3 is 1. The van der Waals surface area contributed by atoms with Gasteiger partial charge in [-0.1, -0.05) is 24.3 Å². The summed E-state index contributed by atoms with van der Waals surface area (Å²) < 4.78 is 5.54. The molecule has 1 aliphatic carbocycles. The van der Waals surface area contributed by atoms with Gasteiger partial charge in [-0.25, -0.2) is 0 Å². The SMILES string of the molecule is COC1=CCCC=C1N1CCN(CCCCNC(=O)c2cc3ccccc3[nH]2)CC1. The number of carbonyl (C=O) groups excluding carboxylic acids is 1. The van der Waals surface area contributed by atoms with Crippen LogP contribution >= 0.6 is 0 Å². The van der Waals surface area contributed by atoms with Crippen molar-refractivity contribution in [2.24, 2.45) is 0 Å². The summed E-state index contributed by atoms with van der Waals surface area (Å²) in [6, 6.07) is 9.87. The zero-order valence-electron chi connectivity index (χ0n) is 17.8. The molecule has 0 spiro atoms. The molecule has 30 heavy (non-hydrogen) atoms. The number of nitrogens with one attached hydrogen (secondary N) is 2. The van der Waals surface area contributed by atoms with E-state index in [9.17, 15) is 4.79 Å². The zero-order chi connectivity index (χ0) is 20.8. The van der Waals surface area contributed by atoms with Gasteiger partial charge in [-0.2, -0.15) is 0 Å². The van der Waals surface area contributed by atoms with E-state index >= 15 is 0 Å². The smallest absolute Gasteiger partial charge is 0.267 e. The fourth-order valence-corrected chi connectivity index (χ4v) is 4.28. The van der Waals surface area contributed by atoms with E-state index < -0.39 is 0 Å². The number of para-hydroxylation sites is 1. The Morgan fingerprint density at radius 3 is 2.70 bits per heavy atom. The average molecular weight is 409 g/mol. The summed E-state index contributed by atoms with van der Waals surface area (Å²) in [6.45, 7) is 6.05. The normalized spacial score (nSPS) is 17.6. The van der Waals surface area contributed by atoms with Gasteiger partial charge in [-0.15, -0.1) is 0 Å². The number of nitrogens with zero attached hydrogens (tertiary/aromatic N) is 2. The molecule has 2 aliphatic rings. The lowest BCUT2D eigenvalue weighted by molar-refractivity contribution is 0.0947. The molecule has 1 aromatic carbocycles. The second-order valence-electron chi connectivity index (χ2n) is 8.00. The van der Waals surface area contributed by atoms with Crippen molar-refractivity contribution < 1.29 is 9.53 Å². The first-order valence-corrected chi connectivity index (χ1v) is 11.0. The van der Waals surface area contributed by atoms with E-state index in [2.05, 4.69) is 32.3 Å². The maximum atomic E-state index is 12.3. The maximum absolute atomic E-state index is 12.3. The van der Waals surface area contributed by atoms with E-state index in [1.807, 2.05) is 30.3 Å². The molecule has 1 amide bonds. The van der Waals surface area contributed by atoms with Crippen LogP contribution < -0.4 is 5.32 Å². The predicted octanol–water partition coefficient (Wildman–Crippen LogP) is 3.50. The molecule has 2 aromatic rings. The molecular formula is C24H32N4O2. The number of rotatable bonds is 8. The van der Waals surface area contributed by atoms with E-state index in [4.69, 9.17) is 4.74 Å². The second-order valence-corrected chi connectivity index (χ2v) is 8.00. The first-order chi connectivity index (χ1) is 14.7. The number of benzene rings is 1. The number of aromatic nitrogens is 1. The molecule has 1 fully saturated rings. The number of hydrogen-bond donors (Lipinski definition) is 2. The fourth-order valence-electron chi connectivity index (χ4n) is 4.28. The zero-order valence-corrected chi connectivity index (χ0v) is 17.8. The minimum atomic E-state index is -0.0254. The minimum Gasteiger partial charge on any atom is -0.495 e. The van der Waals surface area contributed by atoms with Crippen LogP contribution in [0.4, 0.5) is 0 Å². The Balaban J connectivity index is 1.13. The summed E-state index contributed by atoms with van der Waals surface area (Å²) >= 11 is 0. The molecule has 1 aromatic heterocycles. The van der Waals surface area contributed by atoms with Crippen molar-refractivity contribution in [2.45, 2.75) is 25.7 Å². The van der Waals surface area contributed by atoms with Gasteiger partial charge in [0.25, 0.3) is 5.91 Å². The topological polar surface area (TPSA) is 60.6 Å². The van der Waals surface area contributed by atoms with Crippen molar-refractivity contribution in [3.8, 4) is 0 Å². The van der Waals surface area contributed by atoms with Gasteiger partial charge in [0.15, 0.2) is 0 Å². The van der Waals surface area contributed by atoms with E-state index in [-0.39, 0.29) is 5.91 Å². The van der Waals surface area contributed by atoms with Gasteiger partial charge in [0.05, 0.1) is 12.8 Å². The molecule has 2 N–H and O–H groups in total. The molecule has 1 saturated heterocycles. The quantitative estimate of drug-likeness (QED) is 0.657. The highest BCUT2D eigenvalue weighted by Gasteiger charge is 2.22. The van der Waals surface area contributed by atoms with Crippen molar-refractivity contribution in [3.05, 3.63) is 59.6 Å². The predicted molar refractivity (Wildman–Crippen MR) is 120 cm³/mol. The van der Waals surface area contributed by atoms with Crippen LogP contribution in [0.3, 0.4) is 0 Å². The third-order valence-electron chi connectivity index (χ3n) is 5.98. The lowest BCUT2D eigenvalue weighted by Crippen LogP contribution is -2.46. The Morgan fingerprint density at radius 1 is 1.10 bits per heavy atom. The van der Waals surface area contributed by atoms with Crippen molar-refractivity contribution in [3.63, 3.8) is 0 Å². The van der Waals surface area contributed by atoms with Crippen molar-refractivity contribution in [1.82, 2.24) is 20.1 Å². The van der Waals surface area contributed by atoms with E-state index in [0.717, 1.165) is 75.1 Å². The van der Waals surface area contributed by atoms with Crippen LogP contribution in [0.25, 0.3) is 10.9 Å². The van der Waals surface area contributed by atoms with Gasteiger partial charge in [0, 0.05) is 43.6 Å². The summed E-state index contributed by atoms with van der Waals surface area (Å²) in [5, 5.41) is 4.10. The van der Waals surface area contributed by atoms with E-state index in [0.29, 0.717) is 12.2 Å². The number of unbranched alkanes of at least 4 members (excludes halogenated alkanes) is 1. The molecule has 0 saturated carbocycles. The summed E-state index contributed by atoms with van der Waals surface area (Å²) in [6.07, 6.45) is 8.78. The third-order valence-corrected chi connectivity index (χ3v) is 5.98. The molecule has 0 unspecified atom stereocenters. The monoisotopic (exact) mass is 408 g/mol. The molecule has 6 nitrogen and oxygen atoms in total. The molecule has 0 radical (unpaired) electrons. The van der Waals surface area contributed by atoms with Crippen LogP contribution in [-0.2, 0) is 4.74 Å². The van der Waals surface area contributed by atoms with Crippen LogP contribution in [0.15, 0.2) is 53.9 Å². The molecule has 0 bridgehead atoms. The first kappa shape index (κ1) is 20.5. The minimum absolute atomic E-state index is 0.0254. The van der Waals surface area contributed by atoms with E-state index in [1.54, 1.807) is 7.11 Å². The Hall–Kier alpha value is -2.73. The summed E-state index contributed by atoms with van der Waals surface area (Å²) in [7, 11) is 1.76. The number of H-pyrrole nitrogens is 1. The Kier molecular flexibility index (Phi) is 6.74. The van der Waals surface area contributed by atoms with Gasteiger partial charge in [0.2, 0.25) is 0 Å². The Bertz CT molecular complexity index is 889. The molecule has 6 heteroatoms. The lowest BCUT2D eigenvalue weighted by Gasteiger charge is -2.38. The van der Waals surface area contributed by atoms with Gasteiger partial charge in [-0.05, 0) is 50.4 Å². The standard InChI is InChI=1S/C24H32N4O2/c1-30-23-11-5-4-10-22(23)28-16-14-27(15-17-28)13-7-6-12-25-24(29)21-18-19-8-2-3-9-20(19)26-21/h2-3,8-11,18,26H,4-7,12-17H2,1H3,(H,25,29). The summed E-state index contributed by atoms with van der Waals surface area (Å²) in [4.78, 5) is 20.5. The summed E-state index contributed by atoms with van der Waals surface area (Å²) in [5.41, 5.74) is 2.90. The highest BCUT2D eigenvalue weighted by molar-refractivity contribution is 5.97. The number of hydrogen-bond acceptors (Lipinski definition) is 4. The van der Waals surface area contributed by atoms with Gasteiger partial charge < -0.3 is 19.9 Å². The molecule has 1 aliphatic heterocycles. The number of carbonyl (C=O) groups is 1. The van der Waals surface area contributed by atoms with Crippen molar-refractivity contribution in [1.29, 1.82) is 0 Å². The van der Waals surface area contributed by atoms with Crippen molar-refractivity contribution >= 4 is 16.8 Å². The number of allylic oxidation sites excluding steroid dienone is 2. The van der Waals surface area contributed by atoms with Gasteiger partial charge in [0.1, 0.15) is 11.5 Å².